The normalized spacial score (nSPS) is 19.3. The van der Waals surface area contributed by atoms with Crippen LogP contribution in [-0.2, 0) is 5.41 Å². The van der Waals surface area contributed by atoms with E-state index in [1.165, 1.54) is 35.4 Å². The summed E-state index contributed by atoms with van der Waals surface area (Å²) in [6.45, 7) is 6.01. The van der Waals surface area contributed by atoms with Crippen molar-refractivity contribution in [1.29, 1.82) is 0 Å². The van der Waals surface area contributed by atoms with E-state index < -0.39 is 23.0 Å². The fraction of sp³-hybridized carbons (Fsp3) is 0.250. The summed E-state index contributed by atoms with van der Waals surface area (Å²) >= 11 is 6.10. The minimum absolute atomic E-state index is 0. The molecular weight excluding hydrogens is 565 g/mol. The van der Waals surface area contributed by atoms with Crippen molar-refractivity contribution in [2.24, 2.45) is 0 Å². The number of anilines is 2. The first-order chi connectivity index (χ1) is 18.7. The first-order valence-electron chi connectivity index (χ1n) is 12.2. The number of pyridine rings is 1. The van der Waals surface area contributed by atoms with E-state index >= 15 is 8.78 Å². The Balaban J connectivity index is 0.00000370. The van der Waals surface area contributed by atoms with Gasteiger partial charge in [0.15, 0.2) is 17.5 Å². The zero-order chi connectivity index (χ0) is 27.7. The molecule has 8 nitrogen and oxygen atoms in total. The summed E-state index contributed by atoms with van der Waals surface area (Å²) in [4.78, 5) is 29.2. The average molecular weight is 590 g/mol. The smallest absolute Gasteiger partial charge is 0.421 e. The number of nitrogens with zero attached hydrogens (tertiary/aromatic N) is 5. The molecule has 0 spiro atoms. The van der Waals surface area contributed by atoms with Gasteiger partial charge >= 0.3 is 51.4 Å². The Morgan fingerprint density at radius 1 is 1.25 bits per heavy atom. The number of carbonyl (C=O) groups excluding carboxylic acids is 1. The van der Waals surface area contributed by atoms with Crippen molar-refractivity contribution in [3.05, 3.63) is 107 Å². The summed E-state index contributed by atoms with van der Waals surface area (Å²) in [5, 5.41) is 12.2. The number of carbonyl (C=O) groups is 1. The molecule has 4 heterocycles. The van der Waals surface area contributed by atoms with Gasteiger partial charge in [0, 0.05) is 66.9 Å². The van der Waals surface area contributed by atoms with E-state index in [-0.39, 0.29) is 98.1 Å². The zero-order valence-electron chi connectivity index (χ0n) is 22.0. The monoisotopic (exact) mass is 589 g/mol. The number of hydrogen-bond acceptors (Lipinski definition) is 7. The van der Waals surface area contributed by atoms with Crippen LogP contribution in [0.5, 0.6) is 0 Å². The zero-order valence-corrected chi connectivity index (χ0v) is 25.9. The van der Waals surface area contributed by atoms with Crippen LogP contribution in [0.25, 0.3) is 0 Å². The van der Waals surface area contributed by atoms with Crippen LogP contribution in [0, 0.1) is 24.8 Å². The molecule has 2 aromatic heterocycles. The van der Waals surface area contributed by atoms with Crippen molar-refractivity contribution in [2.75, 3.05) is 36.5 Å². The van der Waals surface area contributed by atoms with E-state index in [2.05, 4.69) is 33.4 Å². The molecule has 0 unspecified atom stereocenters. The van der Waals surface area contributed by atoms with Crippen molar-refractivity contribution in [3.8, 4) is 0 Å². The van der Waals surface area contributed by atoms with E-state index in [4.69, 9.17) is 11.6 Å². The van der Waals surface area contributed by atoms with E-state index in [0.29, 0.717) is 24.6 Å². The average Bonchev–Trinajstić information content (AvgIpc) is 2.91. The maximum absolute atomic E-state index is 16.2. The molecule has 1 amide bonds. The summed E-state index contributed by atoms with van der Waals surface area (Å²) in [6.07, 6.45) is 10.4. The minimum atomic E-state index is -1.33. The van der Waals surface area contributed by atoms with Crippen molar-refractivity contribution < 1.29 is 70.1 Å². The summed E-state index contributed by atoms with van der Waals surface area (Å²) in [7, 11) is 0. The van der Waals surface area contributed by atoms with Gasteiger partial charge in [-0.1, -0.05) is 29.9 Å². The second-order valence-corrected chi connectivity index (χ2v) is 10.0. The molecule has 3 aromatic rings. The quantitative estimate of drug-likeness (QED) is 0.241. The van der Waals surface area contributed by atoms with Gasteiger partial charge < -0.3 is 25.0 Å². The van der Waals surface area contributed by atoms with Crippen molar-refractivity contribution in [3.63, 3.8) is 0 Å². The first-order valence-corrected chi connectivity index (χ1v) is 12.6. The molecule has 12 heteroatoms. The van der Waals surface area contributed by atoms with Crippen LogP contribution in [0.15, 0.2) is 60.6 Å². The number of halogens is 3. The molecule has 1 saturated heterocycles. The third kappa shape index (κ3) is 5.82. The Kier molecular flexibility index (Phi) is 9.66. The fourth-order valence-corrected chi connectivity index (χ4v) is 5.01. The number of benzene rings is 1. The number of rotatable bonds is 7. The van der Waals surface area contributed by atoms with Gasteiger partial charge in [0.25, 0.3) is 0 Å². The SMILES string of the molecule is [CH2-]/C(=C\C=[C-]N1C[C@](C)(c2cccc(Cl)c2F)c2c(cnc(NC3CN(c4ncccn4)C3)c2F)C1=O)CO.[K+]. The summed E-state index contributed by atoms with van der Waals surface area (Å²) in [5.41, 5.74) is -0.782. The summed E-state index contributed by atoms with van der Waals surface area (Å²) in [5.74, 6) is -1.43. The predicted octanol–water partition coefficient (Wildman–Crippen LogP) is 0.939. The predicted molar refractivity (Wildman–Crippen MR) is 143 cm³/mol. The number of aromatic nitrogens is 3. The molecule has 202 valence electrons. The number of fused-ring (bicyclic) bond motifs is 1. The van der Waals surface area contributed by atoms with Gasteiger partial charge in [-0.2, -0.15) is 17.7 Å². The maximum Gasteiger partial charge on any atom is 1.00 e. The number of aliphatic hydroxyl groups excluding tert-OH is 1. The van der Waals surface area contributed by atoms with Crippen molar-refractivity contribution >= 4 is 29.3 Å². The first kappa shape index (κ1) is 30.6. The molecule has 0 aliphatic carbocycles. The van der Waals surface area contributed by atoms with Gasteiger partial charge in [0.05, 0.1) is 11.1 Å². The van der Waals surface area contributed by atoms with E-state index in [9.17, 15) is 9.90 Å². The van der Waals surface area contributed by atoms with E-state index in [1.807, 2.05) is 4.90 Å². The van der Waals surface area contributed by atoms with E-state index in [1.54, 1.807) is 31.5 Å². The summed E-state index contributed by atoms with van der Waals surface area (Å²) < 4.78 is 31.6. The van der Waals surface area contributed by atoms with Crippen molar-refractivity contribution in [1.82, 2.24) is 19.9 Å². The van der Waals surface area contributed by atoms with Crippen LogP contribution in [0.1, 0.15) is 28.4 Å². The topological polar surface area (TPSA) is 94.5 Å². The number of amides is 1. The van der Waals surface area contributed by atoms with Crippen LogP contribution >= 0.6 is 11.6 Å². The van der Waals surface area contributed by atoms with Crippen LogP contribution in [0.3, 0.4) is 0 Å². The third-order valence-electron chi connectivity index (χ3n) is 6.88. The Bertz CT molecular complexity index is 1470. The van der Waals surface area contributed by atoms with Crippen LogP contribution in [0.2, 0.25) is 5.02 Å². The Hall–Kier alpha value is -2.38. The molecule has 2 aliphatic rings. The number of aliphatic hydroxyl groups is 1. The second kappa shape index (κ2) is 12.6. The van der Waals surface area contributed by atoms with Gasteiger partial charge in [0.2, 0.25) is 5.95 Å². The van der Waals surface area contributed by atoms with Gasteiger partial charge in [-0.25, -0.2) is 30.7 Å². The van der Waals surface area contributed by atoms with Crippen LogP contribution in [-0.4, -0.2) is 63.1 Å². The largest absolute Gasteiger partial charge is 1.00 e. The van der Waals surface area contributed by atoms with Crippen LogP contribution < -0.4 is 61.6 Å². The molecule has 5 rings (SSSR count). The van der Waals surface area contributed by atoms with Crippen molar-refractivity contribution in [2.45, 2.75) is 18.4 Å². The minimum Gasteiger partial charge on any atom is -0.421 e. The Morgan fingerprint density at radius 2 is 1.98 bits per heavy atom. The van der Waals surface area contributed by atoms with E-state index in [0.717, 1.165) is 0 Å². The molecule has 0 radical (unpaired) electrons. The van der Waals surface area contributed by atoms with Gasteiger partial charge in [-0.3, -0.25) is 0 Å². The molecule has 40 heavy (non-hydrogen) atoms. The standard InChI is InChI=1S/C28H25ClF2N6O2.K/c1-17(15-38)6-4-11-36-16-28(2,20-7-3-8-21(29)23(20)30)22-19(26(36)39)12-34-25(24(22)31)35-18-13-37(14-18)27-32-9-5-10-33-27;/h3-10,12,18,38H,1,13-16H2,2H3,(H,34,35);/q-2;+1/b17-6+;/t28-;/m1./s1. The fourth-order valence-electron chi connectivity index (χ4n) is 4.83. The number of allylic oxidation sites excluding steroid dienone is 2. The Labute approximate surface area is 278 Å². The number of hydrogen-bond donors (Lipinski definition) is 2. The number of nitrogens with one attached hydrogen (secondary N) is 1. The molecular formula is C28H25ClF2KN6O2-. The molecule has 1 aromatic carbocycles. The molecule has 2 N–H and O–H groups in total. The molecule has 1 atom stereocenters. The van der Waals surface area contributed by atoms with Gasteiger partial charge in [0.1, 0.15) is 5.82 Å². The molecule has 0 saturated carbocycles. The second-order valence-electron chi connectivity index (χ2n) is 9.61. The third-order valence-corrected chi connectivity index (χ3v) is 7.17. The van der Waals surface area contributed by atoms with Gasteiger partial charge in [-0.15, -0.1) is 0 Å². The summed E-state index contributed by atoms with van der Waals surface area (Å²) in [6, 6.07) is 6.11. The molecule has 2 aliphatic heterocycles. The Morgan fingerprint density at radius 3 is 2.67 bits per heavy atom. The molecule has 0 bridgehead atoms. The molecule has 1 fully saturated rings. The maximum atomic E-state index is 16.2. The van der Waals surface area contributed by atoms with Crippen LogP contribution in [0.4, 0.5) is 20.5 Å². The van der Waals surface area contributed by atoms with Gasteiger partial charge in [-0.05, 0) is 19.1 Å².